The Morgan fingerprint density at radius 2 is 1.53 bits per heavy atom. The van der Waals surface area contributed by atoms with Crippen LogP contribution in [0, 0.1) is 6.92 Å². The van der Waals surface area contributed by atoms with Crippen LogP contribution in [0.5, 0.6) is 23.0 Å². The number of aryl methyl sites for hydroxylation is 1. The number of hydrogen-bond acceptors (Lipinski definition) is 10. The summed E-state index contributed by atoms with van der Waals surface area (Å²) in [5.41, 5.74) is 0.664. The Morgan fingerprint density at radius 1 is 0.860 bits per heavy atom. The zero-order chi connectivity index (χ0) is 30.9. The van der Waals surface area contributed by atoms with Crippen molar-refractivity contribution in [3.8, 4) is 23.0 Å². The van der Waals surface area contributed by atoms with Crippen LogP contribution in [0.25, 0.3) is 0 Å². The minimum Gasteiger partial charge on any atom is -0.490 e. The van der Waals surface area contributed by atoms with Gasteiger partial charge in [-0.1, -0.05) is 19.1 Å². The van der Waals surface area contributed by atoms with Crippen LogP contribution in [0.3, 0.4) is 0 Å². The summed E-state index contributed by atoms with van der Waals surface area (Å²) in [5.74, 6) is -1.04. The van der Waals surface area contributed by atoms with Gasteiger partial charge in [0.15, 0.2) is 11.5 Å². The minimum atomic E-state index is -4.63. The number of carbonyl (C=O) groups excluding carboxylic acids is 2. The minimum absolute atomic E-state index is 0.00163. The highest BCUT2D eigenvalue weighted by Gasteiger charge is 2.35. The molecule has 3 aromatic carbocycles. The lowest BCUT2D eigenvalue weighted by Gasteiger charge is -2.31. The first-order valence-corrected chi connectivity index (χ1v) is 16.4. The fraction of sp³-hybridized carbons (Fsp3) is 0.310. The molecule has 0 radical (unpaired) electrons. The third kappa shape index (κ3) is 6.22. The predicted octanol–water partition coefficient (Wildman–Crippen LogP) is 3.16. The standard InChI is InChI=1S/C29H31N3O9S2/c1-4-15-39-23-10-9-22-26(29(34)30-28(22)33)27(23)40-20-16-19(2)17-21(18-20)41-43(37,38)25-8-6-5-7-24(25)42(35,36)32-13-11-31(3)12-14-32/h5-10,16-18H,4,11-15H2,1-3H3,(H,30,33,34). The lowest BCUT2D eigenvalue weighted by Crippen LogP contribution is -2.47. The highest BCUT2D eigenvalue weighted by Crippen LogP contribution is 2.40. The molecule has 3 aromatic rings. The van der Waals surface area contributed by atoms with Gasteiger partial charge in [-0.3, -0.25) is 14.9 Å². The maximum absolute atomic E-state index is 13.5. The quantitative estimate of drug-likeness (QED) is 0.262. The molecular formula is C29H31N3O9S2. The van der Waals surface area contributed by atoms with Crippen molar-refractivity contribution in [2.75, 3.05) is 39.8 Å². The molecule has 5 rings (SSSR count). The van der Waals surface area contributed by atoms with Crippen molar-refractivity contribution < 1.29 is 40.1 Å². The van der Waals surface area contributed by atoms with Gasteiger partial charge in [0.05, 0.1) is 17.7 Å². The van der Waals surface area contributed by atoms with E-state index in [0.717, 1.165) is 0 Å². The summed E-state index contributed by atoms with van der Waals surface area (Å²) in [5, 5.41) is 2.23. The molecule has 0 saturated carbocycles. The van der Waals surface area contributed by atoms with Crippen LogP contribution in [0.4, 0.5) is 0 Å². The largest absolute Gasteiger partial charge is 0.490 e. The Hall–Kier alpha value is -3.98. The SMILES string of the molecule is CCCOc1ccc2c(c1Oc1cc(C)cc(OS(=O)(=O)c3ccccc3S(=O)(=O)N3CCN(C)CC3)c1)C(=O)NC2=O. The van der Waals surface area contributed by atoms with Gasteiger partial charge in [0.25, 0.3) is 11.8 Å². The summed E-state index contributed by atoms with van der Waals surface area (Å²) in [4.78, 5) is 26.0. The van der Waals surface area contributed by atoms with Gasteiger partial charge in [0.1, 0.15) is 21.3 Å². The van der Waals surface area contributed by atoms with E-state index in [4.69, 9.17) is 13.7 Å². The molecule has 2 heterocycles. The Balaban J connectivity index is 1.48. The number of sulfonamides is 1. The lowest BCUT2D eigenvalue weighted by molar-refractivity contribution is 0.0879. The molecule has 0 unspecified atom stereocenters. The van der Waals surface area contributed by atoms with E-state index in [-0.39, 0.29) is 52.1 Å². The Kier molecular flexibility index (Phi) is 8.47. The van der Waals surface area contributed by atoms with Crippen LogP contribution < -0.4 is 19.0 Å². The number of imide groups is 1. The zero-order valence-corrected chi connectivity index (χ0v) is 25.5. The number of likely N-dealkylation sites (N-methyl/N-ethyl adjacent to an activating group) is 1. The van der Waals surface area contributed by atoms with Crippen molar-refractivity contribution in [1.29, 1.82) is 0 Å². The molecule has 1 N–H and O–H groups in total. The Morgan fingerprint density at radius 3 is 2.23 bits per heavy atom. The fourth-order valence-corrected chi connectivity index (χ4v) is 7.90. The summed E-state index contributed by atoms with van der Waals surface area (Å²) in [6.45, 7) is 5.39. The molecule has 2 aliphatic rings. The summed E-state index contributed by atoms with van der Waals surface area (Å²) >= 11 is 0. The number of nitrogens with one attached hydrogen (secondary N) is 1. The average molecular weight is 630 g/mol. The molecule has 0 atom stereocenters. The number of benzene rings is 3. The number of fused-ring (bicyclic) bond motifs is 1. The second-order valence-electron chi connectivity index (χ2n) is 10.2. The van der Waals surface area contributed by atoms with Crippen LogP contribution in [0.2, 0.25) is 0 Å². The van der Waals surface area contributed by atoms with Crippen molar-refractivity contribution in [1.82, 2.24) is 14.5 Å². The van der Waals surface area contributed by atoms with Crippen LogP contribution >= 0.6 is 0 Å². The maximum Gasteiger partial charge on any atom is 0.340 e. The number of nitrogens with zero attached hydrogens (tertiary/aromatic N) is 2. The molecule has 2 amide bonds. The van der Waals surface area contributed by atoms with Gasteiger partial charge in [-0.15, -0.1) is 0 Å². The van der Waals surface area contributed by atoms with E-state index in [1.807, 2.05) is 18.9 Å². The molecule has 2 aliphatic heterocycles. The van der Waals surface area contributed by atoms with Crippen LogP contribution in [0.15, 0.2) is 64.4 Å². The summed E-state index contributed by atoms with van der Waals surface area (Å²) < 4.78 is 72.5. The first kappa shape index (κ1) is 30.5. The Bertz CT molecular complexity index is 1800. The second kappa shape index (κ2) is 12.0. The molecule has 1 saturated heterocycles. The summed E-state index contributed by atoms with van der Waals surface area (Å²) in [6.07, 6.45) is 0.675. The van der Waals surface area contributed by atoms with Crippen LogP contribution in [-0.4, -0.2) is 77.7 Å². The van der Waals surface area contributed by atoms with Gasteiger partial charge < -0.3 is 18.6 Å². The second-order valence-corrected chi connectivity index (χ2v) is 13.6. The lowest BCUT2D eigenvalue weighted by atomic mass is 10.1. The van der Waals surface area contributed by atoms with Gasteiger partial charge in [-0.25, -0.2) is 8.42 Å². The van der Waals surface area contributed by atoms with Gasteiger partial charge >= 0.3 is 10.1 Å². The van der Waals surface area contributed by atoms with Gasteiger partial charge in [-0.05, 0) is 62.4 Å². The van der Waals surface area contributed by atoms with E-state index < -0.39 is 36.9 Å². The first-order chi connectivity index (χ1) is 20.4. The normalized spacial score (nSPS) is 16.1. The molecule has 0 aromatic heterocycles. The highest BCUT2D eigenvalue weighted by atomic mass is 32.2. The molecule has 0 aliphatic carbocycles. The van der Waals surface area contributed by atoms with E-state index in [0.29, 0.717) is 31.7 Å². The zero-order valence-electron chi connectivity index (χ0n) is 23.8. The van der Waals surface area contributed by atoms with E-state index >= 15 is 0 Å². The van der Waals surface area contributed by atoms with E-state index in [1.165, 1.54) is 52.8 Å². The molecule has 12 nitrogen and oxygen atoms in total. The van der Waals surface area contributed by atoms with Gasteiger partial charge in [0.2, 0.25) is 10.0 Å². The van der Waals surface area contributed by atoms with Gasteiger partial charge in [0, 0.05) is 32.2 Å². The molecule has 1 fully saturated rings. The summed E-state index contributed by atoms with van der Waals surface area (Å²) in [7, 11) is -6.88. The van der Waals surface area contributed by atoms with Gasteiger partial charge in [-0.2, -0.15) is 12.7 Å². The Labute approximate surface area is 250 Å². The topological polar surface area (TPSA) is 149 Å². The van der Waals surface area contributed by atoms with Crippen LogP contribution in [0.1, 0.15) is 39.6 Å². The maximum atomic E-state index is 13.5. The fourth-order valence-electron chi connectivity index (χ4n) is 4.79. The van der Waals surface area contributed by atoms with Crippen molar-refractivity contribution in [2.45, 2.75) is 30.1 Å². The number of ether oxygens (including phenoxy) is 2. The average Bonchev–Trinajstić information content (AvgIpc) is 3.25. The molecule has 14 heteroatoms. The van der Waals surface area contributed by atoms with E-state index in [9.17, 15) is 26.4 Å². The number of hydrogen-bond donors (Lipinski definition) is 1. The van der Waals surface area contributed by atoms with E-state index in [2.05, 4.69) is 5.32 Å². The molecule has 43 heavy (non-hydrogen) atoms. The number of piperazine rings is 1. The van der Waals surface area contributed by atoms with Crippen molar-refractivity contribution in [3.63, 3.8) is 0 Å². The van der Waals surface area contributed by atoms with Crippen molar-refractivity contribution in [3.05, 3.63) is 71.3 Å². The van der Waals surface area contributed by atoms with Crippen molar-refractivity contribution >= 4 is 32.0 Å². The highest BCUT2D eigenvalue weighted by molar-refractivity contribution is 7.91. The first-order valence-electron chi connectivity index (χ1n) is 13.6. The molecule has 228 valence electrons. The molecule has 0 bridgehead atoms. The number of amides is 2. The number of carbonyl (C=O) groups is 2. The van der Waals surface area contributed by atoms with Crippen LogP contribution in [-0.2, 0) is 20.1 Å². The van der Waals surface area contributed by atoms with E-state index in [1.54, 1.807) is 13.0 Å². The monoisotopic (exact) mass is 629 g/mol. The molecule has 0 spiro atoms. The third-order valence-electron chi connectivity index (χ3n) is 6.93. The predicted molar refractivity (Wildman–Crippen MR) is 156 cm³/mol. The number of rotatable bonds is 10. The van der Waals surface area contributed by atoms with Crippen molar-refractivity contribution in [2.24, 2.45) is 0 Å². The molecular weight excluding hydrogens is 598 g/mol. The smallest absolute Gasteiger partial charge is 0.340 e. The summed E-state index contributed by atoms with van der Waals surface area (Å²) in [6, 6.07) is 12.6. The third-order valence-corrected chi connectivity index (χ3v) is 10.3.